The molecule has 1 rings (SSSR count). The van der Waals surface area contributed by atoms with Crippen molar-refractivity contribution in [2.24, 2.45) is 5.16 Å². The lowest BCUT2D eigenvalue weighted by molar-refractivity contribution is 0.321. The molecule has 0 radical (unpaired) electrons. The predicted octanol–water partition coefficient (Wildman–Crippen LogP) is 1.99. The Bertz CT molecular complexity index is 327. The van der Waals surface area contributed by atoms with E-state index in [0.29, 0.717) is 0 Å². The minimum Gasteiger partial charge on any atom is -0.506 e. The molecule has 3 nitrogen and oxygen atoms in total. The van der Waals surface area contributed by atoms with Gasteiger partial charge in [0.1, 0.15) is 11.6 Å². The topological polar surface area (TPSA) is 52.8 Å². The zero-order valence-electron chi connectivity index (χ0n) is 5.83. The highest BCUT2D eigenvalue weighted by molar-refractivity contribution is 6.32. The van der Waals surface area contributed by atoms with E-state index in [2.05, 4.69) is 5.16 Å². The van der Waals surface area contributed by atoms with Crippen molar-refractivity contribution in [3.05, 3.63) is 28.5 Å². The minimum atomic E-state index is -0.604. The number of hydrogen-bond donors (Lipinski definition) is 2. The molecule has 0 atom stereocenters. The largest absolute Gasteiger partial charge is 0.506 e. The van der Waals surface area contributed by atoms with Crippen molar-refractivity contribution in [2.45, 2.75) is 0 Å². The van der Waals surface area contributed by atoms with Crippen LogP contribution in [0.4, 0.5) is 4.39 Å². The van der Waals surface area contributed by atoms with Gasteiger partial charge >= 0.3 is 0 Å². The minimum absolute atomic E-state index is 0.0301. The Kier molecular flexibility index (Phi) is 2.50. The zero-order chi connectivity index (χ0) is 9.14. The third-order valence-electron chi connectivity index (χ3n) is 1.25. The molecule has 12 heavy (non-hydrogen) atoms. The highest BCUT2D eigenvalue weighted by atomic mass is 35.5. The van der Waals surface area contributed by atoms with Gasteiger partial charge in [-0.1, -0.05) is 16.8 Å². The van der Waals surface area contributed by atoms with E-state index in [4.69, 9.17) is 21.9 Å². The first-order valence-electron chi connectivity index (χ1n) is 3.00. The van der Waals surface area contributed by atoms with E-state index in [1.54, 1.807) is 0 Å². The number of oxime groups is 1. The van der Waals surface area contributed by atoms with E-state index >= 15 is 0 Å². The maximum atomic E-state index is 12.6. The van der Waals surface area contributed by atoms with Crippen LogP contribution in [-0.4, -0.2) is 16.5 Å². The monoisotopic (exact) mass is 189 g/mol. The third kappa shape index (κ3) is 1.65. The summed E-state index contributed by atoms with van der Waals surface area (Å²) in [5.41, 5.74) is 0.0301. The first-order chi connectivity index (χ1) is 5.65. The molecule has 1 aromatic carbocycles. The molecule has 0 fully saturated rings. The fourth-order valence-corrected chi connectivity index (χ4v) is 0.960. The molecule has 0 unspecified atom stereocenters. The maximum Gasteiger partial charge on any atom is 0.143 e. The van der Waals surface area contributed by atoms with Crippen LogP contribution in [-0.2, 0) is 0 Å². The van der Waals surface area contributed by atoms with Crippen molar-refractivity contribution >= 4 is 17.8 Å². The summed E-state index contributed by atoms with van der Waals surface area (Å²) in [5, 5.41) is 19.8. The number of hydrogen-bond acceptors (Lipinski definition) is 3. The van der Waals surface area contributed by atoms with Crippen molar-refractivity contribution in [2.75, 3.05) is 0 Å². The van der Waals surface area contributed by atoms with Crippen LogP contribution in [0.15, 0.2) is 17.3 Å². The fourth-order valence-electron chi connectivity index (χ4n) is 0.746. The van der Waals surface area contributed by atoms with Gasteiger partial charge in [0.15, 0.2) is 0 Å². The molecule has 0 aliphatic rings. The first kappa shape index (κ1) is 8.80. The van der Waals surface area contributed by atoms with Crippen molar-refractivity contribution < 1.29 is 14.7 Å². The third-order valence-corrected chi connectivity index (χ3v) is 1.54. The molecule has 64 valence electrons. The average Bonchev–Trinajstić information content (AvgIpc) is 2.00. The van der Waals surface area contributed by atoms with Crippen LogP contribution in [0.5, 0.6) is 5.75 Å². The molecule has 0 aliphatic carbocycles. The van der Waals surface area contributed by atoms with Crippen LogP contribution in [0, 0.1) is 5.82 Å². The van der Waals surface area contributed by atoms with E-state index < -0.39 is 5.82 Å². The van der Waals surface area contributed by atoms with E-state index in [-0.39, 0.29) is 16.3 Å². The summed E-state index contributed by atoms with van der Waals surface area (Å²) in [6.07, 6.45) is 0.893. The number of rotatable bonds is 1. The second-order valence-electron chi connectivity index (χ2n) is 2.07. The van der Waals surface area contributed by atoms with Crippen molar-refractivity contribution in [3.63, 3.8) is 0 Å². The van der Waals surface area contributed by atoms with Gasteiger partial charge in [0.25, 0.3) is 0 Å². The summed E-state index contributed by atoms with van der Waals surface area (Å²) < 4.78 is 12.6. The predicted molar refractivity (Wildman–Crippen MR) is 42.5 cm³/mol. The Morgan fingerprint density at radius 3 is 2.75 bits per heavy atom. The number of benzene rings is 1. The Balaban J connectivity index is 3.27. The molecule has 0 aliphatic heterocycles. The van der Waals surface area contributed by atoms with Crippen molar-refractivity contribution in [3.8, 4) is 5.75 Å². The highest BCUT2D eigenvalue weighted by Gasteiger charge is 2.06. The first-order valence-corrected chi connectivity index (χ1v) is 3.38. The van der Waals surface area contributed by atoms with Gasteiger partial charge in [-0.15, -0.1) is 0 Å². The lowest BCUT2D eigenvalue weighted by atomic mass is 10.2. The normalized spacial score (nSPS) is 10.8. The fraction of sp³-hybridized carbons (Fsp3) is 0. The Labute approximate surface area is 72.7 Å². The second-order valence-corrected chi connectivity index (χ2v) is 2.48. The number of halogens is 2. The van der Waals surface area contributed by atoms with E-state index in [9.17, 15) is 4.39 Å². The molecule has 0 amide bonds. The Hall–Kier alpha value is -1.29. The quantitative estimate of drug-likeness (QED) is 0.403. The molecular weight excluding hydrogens is 185 g/mol. The van der Waals surface area contributed by atoms with Crippen LogP contribution in [0.2, 0.25) is 5.02 Å². The number of aromatic hydroxyl groups is 1. The molecule has 0 spiro atoms. The smallest absolute Gasteiger partial charge is 0.143 e. The molecule has 0 saturated carbocycles. The van der Waals surface area contributed by atoms with Gasteiger partial charge in [-0.3, -0.25) is 0 Å². The van der Waals surface area contributed by atoms with Crippen LogP contribution >= 0.6 is 11.6 Å². The van der Waals surface area contributed by atoms with Gasteiger partial charge in [0, 0.05) is 5.56 Å². The summed E-state index contributed by atoms with van der Waals surface area (Å²) in [6, 6.07) is 1.96. The summed E-state index contributed by atoms with van der Waals surface area (Å²) in [4.78, 5) is 0. The summed E-state index contributed by atoms with van der Waals surface area (Å²) in [5.74, 6) is -0.913. The molecule has 0 bridgehead atoms. The van der Waals surface area contributed by atoms with Crippen LogP contribution in [0.3, 0.4) is 0 Å². The summed E-state index contributed by atoms with van der Waals surface area (Å²) >= 11 is 5.42. The van der Waals surface area contributed by atoms with Crippen molar-refractivity contribution in [1.82, 2.24) is 0 Å². The van der Waals surface area contributed by atoms with Gasteiger partial charge in [-0.2, -0.15) is 0 Å². The standard InChI is InChI=1S/C7H5ClFNO2/c8-6-2-5(9)1-4(3-10-12)7(6)11/h1-3,11-12H. The SMILES string of the molecule is ON=Cc1cc(F)cc(Cl)c1O. The van der Waals surface area contributed by atoms with E-state index in [0.717, 1.165) is 18.3 Å². The van der Waals surface area contributed by atoms with Crippen LogP contribution in [0.25, 0.3) is 0 Å². The number of phenols is 1. The average molecular weight is 190 g/mol. The molecule has 5 heteroatoms. The van der Waals surface area contributed by atoms with Gasteiger partial charge in [0.2, 0.25) is 0 Å². The van der Waals surface area contributed by atoms with Crippen molar-refractivity contribution in [1.29, 1.82) is 0 Å². The van der Waals surface area contributed by atoms with Gasteiger partial charge < -0.3 is 10.3 Å². The summed E-state index contributed by atoms with van der Waals surface area (Å²) in [7, 11) is 0. The van der Waals surface area contributed by atoms with E-state index in [1.807, 2.05) is 0 Å². The Morgan fingerprint density at radius 2 is 2.17 bits per heavy atom. The van der Waals surface area contributed by atoms with Gasteiger partial charge in [-0.05, 0) is 12.1 Å². The summed E-state index contributed by atoms with van der Waals surface area (Å²) in [6.45, 7) is 0. The molecule has 0 heterocycles. The Morgan fingerprint density at radius 1 is 1.50 bits per heavy atom. The zero-order valence-corrected chi connectivity index (χ0v) is 6.59. The van der Waals surface area contributed by atoms with Gasteiger partial charge in [0.05, 0.1) is 11.2 Å². The number of phenolic OH excluding ortho intramolecular Hbond substituents is 1. The van der Waals surface area contributed by atoms with E-state index in [1.165, 1.54) is 0 Å². The second kappa shape index (κ2) is 3.40. The number of nitrogens with zero attached hydrogens (tertiary/aromatic N) is 1. The highest BCUT2D eigenvalue weighted by Crippen LogP contribution is 2.27. The molecule has 0 aromatic heterocycles. The van der Waals surface area contributed by atoms with Crippen LogP contribution < -0.4 is 0 Å². The lowest BCUT2D eigenvalue weighted by Gasteiger charge is -1.99. The molecule has 1 aromatic rings. The molecule has 0 saturated heterocycles. The molecule has 2 N–H and O–H groups in total. The molecular formula is C7H5ClFNO2. The maximum absolute atomic E-state index is 12.6. The lowest BCUT2D eigenvalue weighted by Crippen LogP contribution is -1.86. The van der Waals surface area contributed by atoms with Gasteiger partial charge in [-0.25, -0.2) is 4.39 Å². The van der Waals surface area contributed by atoms with Crippen LogP contribution in [0.1, 0.15) is 5.56 Å².